The number of aromatic nitrogens is 2. The maximum atomic E-state index is 6.00. The summed E-state index contributed by atoms with van der Waals surface area (Å²) in [6, 6.07) is 7.88. The van der Waals surface area contributed by atoms with E-state index in [9.17, 15) is 0 Å². The van der Waals surface area contributed by atoms with Crippen LogP contribution in [-0.4, -0.2) is 9.97 Å². The molecule has 0 unspecified atom stereocenters. The van der Waals surface area contributed by atoms with Crippen LogP contribution in [0.3, 0.4) is 0 Å². The minimum absolute atomic E-state index is 0.0899. The third kappa shape index (κ3) is 2.87. The van der Waals surface area contributed by atoms with Crippen LogP contribution in [0, 0.1) is 0 Å². The fraction of sp³-hybridized carbons (Fsp3) is 0.0909. The molecule has 4 nitrogen and oxygen atoms in total. The first-order chi connectivity index (χ1) is 8.06. The molecule has 1 heterocycles. The normalized spacial score (nSPS) is 10.5. The summed E-state index contributed by atoms with van der Waals surface area (Å²) in [5, 5.41) is 0.304. The van der Waals surface area contributed by atoms with E-state index in [2.05, 4.69) is 25.9 Å². The average Bonchev–Trinajstić information content (AvgIpc) is 2.26. The van der Waals surface area contributed by atoms with Gasteiger partial charge in [-0.1, -0.05) is 39.7 Å². The van der Waals surface area contributed by atoms with Gasteiger partial charge in [-0.3, -0.25) is 0 Å². The lowest BCUT2D eigenvalue weighted by atomic mass is 10.1. The van der Waals surface area contributed by atoms with Gasteiger partial charge in [0.25, 0.3) is 0 Å². The molecule has 0 fully saturated rings. The molecule has 0 aliphatic rings. The van der Waals surface area contributed by atoms with Gasteiger partial charge in [-0.25, -0.2) is 4.98 Å². The van der Waals surface area contributed by atoms with E-state index in [0.29, 0.717) is 23.0 Å². The maximum Gasteiger partial charge on any atom is 0.223 e. The summed E-state index contributed by atoms with van der Waals surface area (Å²) in [7, 11) is 0. The van der Waals surface area contributed by atoms with Gasteiger partial charge < -0.3 is 11.5 Å². The Bertz CT molecular complexity index is 519. The Labute approximate surface area is 112 Å². The predicted molar refractivity (Wildman–Crippen MR) is 72.8 cm³/mol. The molecule has 6 heteroatoms. The third-order valence-corrected chi connectivity index (χ3v) is 3.14. The van der Waals surface area contributed by atoms with Crippen LogP contribution in [0.5, 0.6) is 0 Å². The summed E-state index contributed by atoms with van der Waals surface area (Å²) in [4.78, 5) is 7.79. The van der Waals surface area contributed by atoms with Gasteiger partial charge in [0.15, 0.2) is 0 Å². The van der Waals surface area contributed by atoms with Crippen molar-refractivity contribution in [2.75, 3.05) is 11.5 Å². The van der Waals surface area contributed by atoms with Crippen molar-refractivity contribution in [1.29, 1.82) is 0 Å². The number of hydrogen-bond acceptors (Lipinski definition) is 4. The zero-order chi connectivity index (χ0) is 12.4. The molecule has 0 amide bonds. The van der Waals surface area contributed by atoms with Gasteiger partial charge >= 0.3 is 0 Å². The zero-order valence-electron chi connectivity index (χ0n) is 8.82. The fourth-order valence-corrected chi connectivity index (χ4v) is 1.97. The van der Waals surface area contributed by atoms with Gasteiger partial charge in [-0.2, -0.15) is 4.98 Å². The molecule has 88 valence electrons. The van der Waals surface area contributed by atoms with E-state index in [1.54, 1.807) is 0 Å². The van der Waals surface area contributed by atoms with Crippen LogP contribution >= 0.6 is 27.5 Å². The second kappa shape index (κ2) is 4.89. The van der Waals surface area contributed by atoms with Gasteiger partial charge in [-0.15, -0.1) is 0 Å². The average molecular weight is 314 g/mol. The molecule has 0 saturated carbocycles. The number of nitrogens with zero attached hydrogens (tertiary/aromatic N) is 2. The molecule has 0 spiro atoms. The summed E-state index contributed by atoms with van der Waals surface area (Å²) in [5.41, 5.74) is 13.0. The lowest BCUT2D eigenvalue weighted by Gasteiger charge is -2.07. The second-order valence-electron chi connectivity index (χ2n) is 3.54. The molecular weight excluding hydrogens is 304 g/mol. The van der Waals surface area contributed by atoms with E-state index in [0.717, 1.165) is 10.0 Å². The molecule has 0 aliphatic heterocycles. The Morgan fingerprint density at radius 2 is 1.76 bits per heavy atom. The van der Waals surface area contributed by atoms with E-state index >= 15 is 0 Å². The molecule has 0 aliphatic carbocycles. The number of nitrogen functional groups attached to an aromatic ring is 2. The van der Waals surface area contributed by atoms with Crippen molar-refractivity contribution in [3.05, 3.63) is 45.0 Å². The van der Waals surface area contributed by atoms with E-state index in [4.69, 9.17) is 23.1 Å². The number of anilines is 2. The fourth-order valence-electron chi connectivity index (χ4n) is 1.46. The van der Waals surface area contributed by atoms with Crippen molar-refractivity contribution in [3.8, 4) is 0 Å². The highest BCUT2D eigenvalue weighted by Crippen LogP contribution is 2.23. The van der Waals surface area contributed by atoms with Crippen molar-refractivity contribution in [1.82, 2.24) is 9.97 Å². The summed E-state index contributed by atoms with van der Waals surface area (Å²) in [6.07, 6.45) is 0.582. The van der Waals surface area contributed by atoms with Crippen molar-refractivity contribution >= 4 is 39.3 Å². The molecule has 17 heavy (non-hydrogen) atoms. The summed E-state index contributed by atoms with van der Waals surface area (Å²) >= 11 is 9.37. The number of hydrogen-bond donors (Lipinski definition) is 2. The highest BCUT2D eigenvalue weighted by Gasteiger charge is 2.10. The molecule has 1 aromatic carbocycles. The summed E-state index contributed by atoms with van der Waals surface area (Å²) in [5.74, 6) is 0.414. The first-order valence-electron chi connectivity index (χ1n) is 4.88. The summed E-state index contributed by atoms with van der Waals surface area (Å²) < 4.78 is 1.02. The van der Waals surface area contributed by atoms with E-state index in [-0.39, 0.29) is 5.95 Å². The topological polar surface area (TPSA) is 77.8 Å². The van der Waals surface area contributed by atoms with Gasteiger partial charge in [0.2, 0.25) is 5.95 Å². The van der Waals surface area contributed by atoms with Crippen molar-refractivity contribution < 1.29 is 0 Å². The van der Waals surface area contributed by atoms with Gasteiger partial charge in [0, 0.05) is 16.5 Å². The highest BCUT2D eigenvalue weighted by atomic mass is 79.9. The first-order valence-corrected chi connectivity index (χ1v) is 6.05. The Morgan fingerprint density at radius 3 is 2.35 bits per heavy atom. The Hall–Kier alpha value is -1.33. The van der Waals surface area contributed by atoms with Crippen LogP contribution < -0.4 is 11.5 Å². The van der Waals surface area contributed by atoms with Gasteiger partial charge in [0.05, 0.1) is 0 Å². The van der Waals surface area contributed by atoms with Crippen molar-refractivity contribution in [2.45, 2.75) is 6.42 Å². The van der Waals surface area contributed by atoms with Crippen molar-refractivity contribution in [2.24, 2.45) is 0 Å². The Morgan fingerprint density at radius 1 is 1.12 bits per heavy atom. The minimum atomic E-state index is 0.0899. The largest absolute Gasteiger partial charge is 0.383 e. The van der Waals surface area contributed by atoms with Gasteiger partial charge in [-0.05, 0) is 17.7 Å². The van der Waals surface area contributed by atoms with E-state index in [1.165, 1.54) is 0 Å². The lowest BCUT2D eigenvalue weighted by Crippen LogP contribution is -2.05. The SMILES string of the molecule is Nc1nc(N)c(Cc2ccc(Br)cc2)c(Cl)n1. The standard InChI is InChI=1S/C11H10BrClN4/c12-7-3-1-6(2-4-7)5-8-9(13)16-11(15)17-10(8)14/h1-4H,5H2,(H4,14,15,16,17). The number of halogens is 2. The molecule has 0 radical (unpaired) electrons. The van der Waals surface area contributed by atoms with Gasteiger partial charge in [0.1, 0.15) is 11.0 Å². The number of rotatable bonds is 2. The number of benzene rings is 1. The molecule has 4 N–H and O–H groups in total. The van der Waals surface area contributed by atoms with Crippen LogP contribution in [-0.2, 0) is 6.42 Å². The minimum Gasteiger partial charge on any atom is -0.383 e. The Kier molecular flexibility index (Phi) is 3.49. The second-order valence-corrected chi connectivity index (χ2v) is 4.81. The molecule has 2 rings (SSSR count). The van der Waals surface area contributed by atoms with E-state index < -0.39 is 0 Å². The molecule has 0 bridgehead atoms. The monoisotopic (exact) mass is 312 g/mol. The smallest absolute Gasteiger partial charge is 0.223 e. The maximum absolute atomic E-state index is 6.00. The molecule has 0 atom stereocenters. The van der Waals surface area contributed by atoms with Crippen molar-refractivity contribution in [3.63, 3.8) is 0 Å². The van der Waals surface area contributed by atoms with Crippen LogP contribution in [0.2, 0.25) is 5.15 Å². The molecule has 1 aromatic heterocycles. The summed E-state index contributed by atoms with van der Waals surface area (Å²) in [6.45, 7) is 0. The van der Waals surface area contributed by atoms with Crippen LogP contribution in [0.4, 0.5) is 11.8 Å². The zero-order valence-corrected chi connectivity index (χ0v) is 11.2. The predicted octanol–water partition coefficient (Wildman–Crippen LogP) is 2.65. The molecule has 0 saturated heterocycles. The van der Waals surface area contributed by atoms with E-state index in [1.807, 2.05) is 24.3 Å². The van der Waals surface area contributed by atoms with Crippen LogP contribution in [0.15, 0.2) is 28.7 Å². The first kappa shape index (κ1) is 12.1. The number of nitrogens with two attached hydrogens (primary N) is 2. The quantitative estimate of drug-likeness (QED) is 0.836. The third-order valence-electron chi connectivity index (χ3n) is 2.30. The van der Waals surface area contributed by atoms with Crippen LogP contribution in [0.25, 0.3) is 0 Å². The molecule has 2 aromatic rings. The lowest BCUT2D eigenvalue weighted by molar-refractivity contribution is 1.09. The highest BCUT2D eigenvalue weighted by molar-refractivity contribution is 9.10. The Balaban J connectivity index is 2.33. The van der Waals surface area contributed by atoms with Crippen LogP contribution in [0.1, 0.15) is 11.1 Å². The molecular formula is C11H10BrClN4.